The number of fused-ring (bicyclic) bond motifs is 2. The van der Waals surface area contributed by atoms with Crippen molar-refractivity contribution >= 4 is 11.0 Å². The largest absolute Gasteiger partial charge is 0.456 e. The lowest BCUT2D eigenvalue weighted by atomic mass is 9.98. The minimum atomic E-state index is -0.748. The van der Waals surface area contributed by atoms with Crippen LogP contribution in [0.2, 0.25) is 0 Å². The molecule has 2 aliphatic heterocycles. The highest BCUT2D eigenvalue weighted by Crippen LogP contribution is 2.35. The lowest BCUT2D eigenvalue weighted by Gasteiger charge is -2.15. The van der Waals surface area contributed by atoms with Gasteiger partial charge in [-0.15, -0.1) is 0 Å². The van der Waals surface area contributed by atoms with E-state index in [0.717, 1.165) is 23.1 Å². The van der Waals surface area contributed by atoms with Gasteiger partial charge in [-0.05, 0) is 35.2 Å². The first kappa shape index (κ1) is 22.1. The number of imidazole rings is 1. The predicted molar refractivity (Wildman–Crippen MR) is 131 cm³/mol. The molecule has 0 saturated carbocycles. The van der Waals surface area contributed by atoms with Gasteiger partial charge in [0.05, 0.1) is 30.0 Å². The van der Waals surface area contributed by atoms with Gasteiger partial charge >= 0.3 is 0 Å². The fourth-order valence-electron chi connectivity index (χ4n) is 5.05. The summed E-state index contributed by atoms with van der Waals surface area (Å²) >= 11 is 0. The Hall–Kier alpha value is -4.08. The van der Waals surface area contributed by atoms with E-state index in [0.29, 0.717) is 24.7 Å². The van der Waals surface area contributed by atoms with Crippen LogP contribution in [-0.4, -0.2) is 46.5 Å². The summed E-state index contributed by atoms with van der Waals surface area (Å²) < 4.78 is 53.2. The van der Waals surface area contributed by atoms with Crippen LogP contribution in [0.25, 0.3) is 44.7 Å². The fraction of sp³-hybridized carbons (Fsp3) is 0.214. The molecule has 0 aliphatic carbocycles. The molecule has 0 radical (unpaired) electrons. The van der Waals surface area contributed by atoms with Gasteiger partial charge in [-0.25, -0.2) is 13.8 Å². The van der Waals surface area contributed by atoms with Crippen molar-refractivity contribution in [3.63, 3.8) is 0 Å². The quantitative estimate of drug-likeness (QED) is 0.330. The summed E-state index contributed by atoms with van der Waals surface area (Å²) in [4.78, 5) is 11.3. The van der Waals surface area contributed by atoms with Gasteiger partial charge in [0, 0.05) is 18.2 Å². The molecule has 2 fully saturated rings. The Labute approximate surface area is 210 Å². The molecule has 4 heterocycles. The van der Waals surface area contributed by atoms with Gasteiger partial charge in [-0.3, -0.25) is 0 Å². The van der Waals surface area contributed by atoms with Crippen LogP contribution in [0.3, 0.4) is 0 Å². The van der Waals surface area contributed by atoms with Crippen LogP contribution in [0.1, 0.15) is 6.42 Å². The fourth-order valence-corrected chi connectivity index (χ4v) is 5.05. The van der Waals surface area contributed by atoms with E-state index in [1.807, 2.05) is 36.4 Å². The van der Waals surface area contributed by atoms with E-state index in [4.69, 9.17) is 18.6 Å². The number of oxazole rings is 1. The van der Waals surface area contributed by atoms with E-state index in [1.54, 1.807) is 18.3 Å². The molecule has 9 heteroatoms. The first-order valence-corrected chi connectivity index (χ1v) is 12.0. The van der Waals surface area contributed by atoms with Crippen LogP contribution in [0.4, 0.5) is 8.78 Å². The molecule has 7 nitrogen and oxygen atoms in total. The number of aromatic amines is 1. The summed E-state index contributed by atoms with van der Waals surface area (Å²) in [6.45, 7) is 0.980. The van der Waals surface area contributed by atoms with Gasteiger partial charge < -0.3 is 23.6 Å². The highest BCUT2D eigenvalue weighted by atomic mass is 19.1. The first-order chi connectivity index (χ1) is 18.1. The second-order valence-corrected chi connectivity index (χ2v) is 9.13. The van der Waals surface area contributed by atoms with E-state index >= 15 is 8.78 Å². The highest BCUT2D eigenvalue weighted by Gasteiger charge is 2.43. The van der Waals surface area contributed by atoms with Crippen LogP contribution in [0.15, 0.2) is 71.5 Å². The van der Waals surface area contributed by atoms with Gasteiger partial charge in [0.15, 0.2) is 11.9 Å². The maximum absolute atomic E-state index is 15.5. The molecular formula is C28H21F2N3O4. The summed E-state index contributed by atoms with van der Waals surface area (Å²) in [5.41, 5.74) is 3.23. The third kappa shape index (κ3) is 3.87. The number of nitrogens with zero attached hydrogens (tertiary/aromatic N) is 2. The second-order valence-electron chi connectivity index (χ2n) is 9.13. The monoisotopic (exact) mass is 501 g/mol. The molecule has 1 N–H and O–H groups in total. The minimum absolute atomic E-state index is 0.00378. The van der Waals surface area contributed by atoms with Crippen LogP contribution in [0, 0.1) is 11.6 Å². The Bertz CT molecular complexity index is 1570. The van der Waals surface area contributed by atoms with Crippen molar-refractivity contribution in [2.45, 2.75) is 24.7 Å². The minimum Gasteiger partial charge on any atom is -0.456 e. The van der Waals surface area contributed by atoms with Crippen molar-refractivity contribution in [2.75, 3.05) is 13.2 Å². The Kier molecular flexibility index (Phi) is 5.26. The molecule has 2 aromatic heterocycles. The number of H-pyrrole nitrogens is 1. The van der Waals surface area contributed by atoms with Gasteiger partial charge in [-0.2, -0.15) is 4.98 Å². The molecule has 0 spiro atoms. The smallest absolute Gasteiger partial charge is 0.295 e. The number of rotatable bonds is 5. The van der Waals surface area contributed by atoms with Gasteiger partial charge in [-0.1, -0.05) is 36.4 Å². The molecule has 186 valence electrons. The molecule has 0 bridgehead atoms. The first-order valence-electron chi connectivity index (χ1n) is 12.0. The van der Waals surface area contributed by atoms with Crippen molar-refractivity contribution in [3.8, 4) is 39.7 Å². The molecular weight excluding hydrogens is 480 g/mol. The zero-order valence-electron chi connectivity index (χ0n) is 19.5. The number of hydrogen-bond acceptors (Lipinski definition) is 6. The molecule has 1 unspecified atom stereocenters. The van der Waals surface area contributed by atoms with Gasteiger partial charge in [0.2, 0.25) is 5.89 Å². The van der Waals surface area contributed by atoms with Crippen molar-refractivity contribution in [1.82, 2.24) is 15.0 Å². The Morgan fingerprint density at radius 1 is 0.919 bits per heavy atom. The molecule has 7 rings (SSSR count). The molecule has 3 aromatic carbocycles. The maximum atomic E-state index is 15.5. The third-order valence-corrected chi connectivity index (χ3v) is 6.90. The third-order valence-electron chi connectivity index (χ3n) is 6.90. The van der Waals surface area contributed by atoms with E-state index in [9.17, 15) is 0 Å². The van der Waals surface area contributed by atoms with Gasteiger partial charge in [0.25, 0.3) is 6.01 Å². The summed E-state index contributed by atoms with van der Waals surface area (Å²) in [6.07, 6.45) is 3.42. The Morgan fingerprint density at radius 2 is 1.65 bits per heavy atom. The van der Waals surface area contributed by atoms with Crippen LogP contribution in [-0.2, 0) is 9.47 Å². The van der Waals surface area contributed by atoms with Crippen molar-refractivity contribution < 1.29 is 27.4 Å². The molecule has 37 heavy (non-hydrogen) atoms. The van der Waals surface area contributed by atoms with Crippen molar-refractivity contribution in [3.05, 3.63) is 78.7 Å². The summed E-state index contributed by atoms with van der Waals surface area (Å²) in [5, 5.41) is 0. The molecule has 2 aliphatic rings. The molecule has 5 aromatic rings. The van der Waals surface area contributed by atoms with Crippen molar-refractivity contribution in [1.29, 1.82) is 0 Å². The standard InChI is InChI=1S/C28H21F2N3O4/c29-19-13-20-25(33-28(32-20)37-22-14-36-21-9-11-34-26(21)22)24(30)23(19)17-5-1-15(2-6-17)16-3-7-18(8-4-16)27-31-10-12-35-27/h1-8,10,12-13,21-22,26H,9,11,14H2,(H,32,33)/t21-,22?,26+/m1/s1. The van der Waals surface area contributed by atoms with Crippen LogP contribution >= 0.6 is 0 Å². The maximum Gasteiger partial charge on any atom is 0.295 e. The van der Waals surface area contributed by atoms with Crippen LogP contribution < -0.4 is 4.74 Å². The van der Waals surface area contributed by atoms with E-state index in [1.165, 1.54) is 12.3 Å². The zero-order valence-corrected chi connectivity index (χ0v) is 19.5. The Morgan fingerprint density at radius 3 is 2.38 bits per heavy atom. The number of nitrogens with one attached hydrogen (secondary N) is 1. The highest BCUT2D eigenvalue weighted by molar-refractivity contribution is 5.84. The topological polar surface area (TPSA) is 82.4 Å². The summed E-state index contributed by atoms with van der Waals surface area (Å²) in [7, 11) is 0. The average Bonchev–Trinajstić information content (AvgIpc) is 3.71. The summed E-state index contributed by atoms with van der Waals surface area (Å²) in [5.74, 6) is -0.892. The Balaban J connectivity index is 1.15. The molecule has 0 amide bonds. The lowest BCUT2D eigenvalue weighted by Crippen LogP contribution is -2.32. The van der Waals surface area contributed by atoms with E-state index in [-0.39, 0.29) is 40.9 Å². The lowest BCUT2D eigenvalue weighted by molar-refractivity contribution is 0.0273. The second kappa shape index (κ2) is 8.79. The predicted octanol–water partition coefficient (Wildman–Crippen LogP) is 5.77. The number of ether oxygens (including phenoxy) is 3. The SMILES string of the molecule is Fc1cc2[nH]c(OC3CO[C@@H]4CCO[C@H]34)nc2c(F)c1-c1ccc(-c2ccc(-c3ncco3)cc2)cc1. The van der Waals surface area contributed by atoms with Gasteiger partial charge in [0.1, 0.15) is 23.7 Å². The number of halogens is 2. The molecule has 3 atom stereocenters. The number of benzene rings is 3. The van der Waals surface area contributed by atoms with Crippen molar-refractivity contribution in [2.24, 2.45) is 0 Å². The van der Waals surface area contributed by atoms with Crippen LogP contribution in [0.5, 0.6) is 6.01 Å². The van der Waals surface area contributed by atoms with E-state index < -0.39 is 11.6 Å². The summed E-state index contributed by atoms with van der Waals surface area (Å²) in [6, 6.07) is 16.1. The molecule has 2 saturated heterocycles. The normalized spacial score (nSPS) is 21.0. The number of aromatic nitrogens is 3. The average molecular weight is 501 g/mol. The van der Waals surface area contributed by atoms with E-state index in [2.05, 4.69) is 15.0 Å². The zero-order chi connectivity index (χ0) is 24.9. The number of hydrogen-bond donors (Lipinski definition) is 1.